The lowest BCUT2D eigenvalue weighted by Crippen LogP contribution is -2.19. The van der Waals surface area contributed by atoms with Gasteiger partial charge in [0.1, 0.15) is 0 Å². The number of hydrogen-bond donors (Lipinski definition) is 3. The number of carbonyl (C=O) groups is 1. The van der Waals surface area contributed by atoms with Crippen LogP contribution in [0.25, 0.3) is 0 Å². The highest BCUT2D eigenvalue weighted by Gasteiger charge is 2.10. The highest BCUT2D eigenvalue weighted by Crippen LogP contribution is 2.25. The number of phenols is 1. The average molecular weight is 274 g/mol. The van der Waals surface area contributed by atoms with Crippen molar-refractivity contribution in [1.82, 2.24) is 15.4 Å². The van der Waals surface area contributed by atoms with Crippen LogP contribution < -0.4 is 10.2 Å². The van der Waals surface area contributed by atoms with Crippen molar-refractivity contribution in [3.63, 3.8) is 0 Å². The Morgan fingerprint density at radius 3 is 3.00 bits per heavy atom. The Kier molecular flexibility index (Phi) is 3.99. The second-order valence-electron chi connectivity index (χ2n) is 4.01. The minimum atomic E-state index is -0.397. The van der Waals surface area contributed by atoms with E-state index in [9.17, 15) is 9.90 Å². The molecule has 1 heterocycles. The monoisotopic (exact) mass is 274 g/mol. The number of hydrogen-bond acceptors (Lipinski definition) is 5. The molecule has 7 nitrogen and oxygen atoms in total. The van der Waals surface area contributed by atoms with Gasteiger partial charge in [-0.2, -0.15) is 5.10 Å². The van der Waals surface area contributed by atoms with Crippen molar-refractivity contribution in [1.29, 1.82) is 0 Å². The SMILES string of the molecule is COc1cc(/C=N/NC(=O)c2nc[nH]c2C)ccc1O. The summed E-state index contributed by atoms with van der Waals surface area (Å²) in [6.07, 6.45) is 2.89. The molecule has 0 unspecified atom stereocenters. The first-order valence-electron chi connectivity index (χ1n) is 5.82. The normalized spacial score (nSPS) is 10.7. The molecular formula is C13H14N4O3. The van der Waals surface area contributed by atoms with Gasteiger partial charge in [0, 0.05) is 5.69 Å². The van der Waals surface area contributed by atoms with Crippen molar-refractivity contribution in [3.05, 3.63) is 41.5 Å². The van der Waals surface area contributed by atoms with E-state index in [-0.39, 0.29) is 5.75 Å². The molecule has 0 aliphatic rings. The number of benzene rings is 1. The molecule has 1 aromatic heterocycles. The van der Waals surface area contributed by atoms with Gasteiger partial charge < -0.3 is 14.8 Å². The van der Waals surface area contributed by atoms with Crippen molar-refractivity contribution < 1.29 is 14.6 Å². The van der Waals surface area contributed by atoms with Gasteiger partial charge in [-0.3, -0.25) is 4.79 Å². The molecule has 0 radical (unpaired) electrons. The molecule has 104 valence electrons. The van der Waals surface area contributed by atoms with Crippen molar-refractivity contribution in [2.24, 2.45) is 5.10 Å². The first kappa shape index (κ1) is 13.6. The fourth-order valence-corrected chi connectivity index (χ4v) is 1.58. The largest absolute Gasteiger partial charge is 0.504 e. The van der Waals surface area contributed by atoms with Crippen LogP contribution in [0.5, 0.6) is 11.5 Å². The molecule has 1 aromatic carbocycles. The smallest absolute Gasteiger partial charge is 0.291 e. The van der Waals surface area contributed by atoms with Crippen LogP contribution in [0.15, 0.2) is 29.6 Å². The molecule has 0 spiro atoms. The topological polar surface area (TPSA) is 99.6 Å². The van der Waals surface area contributed by atoms with E-state index in [1.54, 1.807) is 19.1 Å². The van der Waals surface area contributed by atoms with Crippen LogP contribution in [0, 0.1) is 6.92 Å². The number of nitrogens with zero attached hydrogens (tertiary/aromatic N) is 2. The van der Waals surface area contributed by atoms with E-state index < -0.39 is 5.91 Å². The van der Waals surface area contributed by atoms with Crippen LogP contribution in [0.3, 0.4) is 0 Å². The number of carbonyl (C=O) groups excluding carboxylic acids is 1. The Morgan fingerprint density at radius 2 is 2.35 bits per heavy atom. The van der Waals surface area contributed by atoms with Gasteiger partial charge in [0.15, 0.2) is 17.2 Å². The molecule has 0 atom stereocenters. The van der Waals surface area contributed by atoms with E-state index in [4.69, 9.17) is 4.74 Å². The second-order valence-corrected chi connectivity index (χ2v) is 4.01. The molecule has 0 fully saturated rings. The van der Waals surface area contributed by atoms with Crippen LogP contribution in [0.1, 0.15) is 21.7 Å². The molecule has 1 amide bonds. The van der Waals surface area contributed by atoms with E-state index in [1.807, 2.05) is 0 Å². The highest BCUT2D eigenvalue weighted by molar-refractivity contribution is 5.94. The third kappa shape index (κ3) is 2.94. The summed E-state index contributed by atoms with van der Waals surface area (Å²) in [5.74, 6) is -0.0185. The van der Waals surface area contributed by atoms with E-state index in [2.05, 4.69) is 20.5 Å². The maximum atomic E-state index is 11.7. The van der Waals surface area contributed by atoms with Crippen LogP contribution in [0.4, 0.5) is 0 Å². The Hall–Kier alpha value is -2.83. The van der Waals surface area contributed by atoms with E-state index in [0.29, 0.717) is 22.7 Å². The Labute approximate surface area is 115 Å². The Morgan fingerprint density at radius 1 is 1.55 bits per heavy atom. The summed E-state index contributed by atoms with van der Waals surface area (Å²) >= 11 is 0. The number of amides is 1. The van der Waals surface area contributed by atoms with Gasteiger partial charge in [-0.25, -0.2) is 10.4 Å². The van der Waals surface area contributed by atoms with Gasteiger partial charge in [0.25, 0.3) is 5.91 Å². The fraction of sp³-hybridized carbons (Fsp3) is 0.154. The molecule has 7 heteroatoms. The fourth-order valence-electron chi connectivity index (χ4n) is 1.58. The zero-order valence-corrected chi connectivity index (χ0v) is 11.0. The van der Waals surface area contributed by atoms with E-state index in [0.717, 1.165) is 0 Å². The average Bonchev–Trinajstić information content (AvgIpc) is 2.87. The van der Waals surface area contributed by atoms with Gasteiger partial charge in [0.2, 0.25) is 0 Å². The molecule has 0 bridgehead atoms. The maximum Gasteiger partial charge on any atom is 0.291 e. The zero-order chi connectivity index (χ0) is 14.5. The number of hydrazone groups is 1. The number of aromatic nitrogens is 2. The maximum absolute atomic E-state index is 11.7. The molecule has 3 N–H and O–H groups in total. The number of rotatable bonds is 4. The third-order valence-electron chi connectivity index (χ3n) is 2.63. The number of imidazole rings is 1. The summed E-state index contributed by atoms with van der Waals surface area (Å²) in [6, 6.07) is 4.73. The van der Waals surface area contributed by atoms with E-state index >= 15 is 0 Å². The quantitative estimate of drug-likeness (QED) is 0.576. The molecule has 0 saturated heterocycles. The van der Waals surface area contributed by atoms with Crippen LogP contribution >= 0.6 is 0 Å². The number of aromatic amines is 1. The number of phenolic OH excluding ortho intramolecular Hbond substituents is 1. The zero-order valence-electron chi connectivity index (χ0n) is 11.0. The minimum Gasteiger partial charge on any atom is -0.504 e. The van der Waals surface area contributed by atoms with Crippen LogP contribution in [0.2, 0.25) is 0 Å². The molecule has 2 rings (SSSR count). The number of H-pyrrole nitrogens is 1. The van der Waals surface area contributed by atoms with Crippen LogP contribution in [-0.4, -0.2) is 34.3 Å². The van der Waals surface area contributed by atoms with Crippen molar-refractivity contribution >= 4 is 12.1 Å². The molecular weight excluding hydrogens is 260 g/mol. The van der Waals surface area contributed by atoms with Crippen molar-refractivity contribution in [3.8, 4) is 11.5 Å². The Bertz CT molecular complexity index is 649. The number of methoxy groups -OCH3 is 1. The number of ether oxygens (including phenoxy) is 1. The molecule has 0 saturated carbocycles. The lowest BCUT2D eigenvalue weighted by atomic mass is 10.2. The van der Waals surface area contributed by atoms with Gasteiger partial charge in [-0.15, -0.1) is 0 Å². The first-order valence-corrected chi connectivity index (χ1v) is 5.82. The summed E-state index contributed by atoms with van der Waals surface area (Å²) in [4.78, 5) is 18.4. The van der Waals surface area contributed by atoms with Crippen molar-refractivity contribution in [2.75, 3.05) is 7.11 Å². The summed E-state index contributed by atoms with van der Waals surface area (Å²) < 4.78 is 4.97. The minimum absolute atomic E-state index is 0.0424. The first-order chi connectivity index (χ1) is 9.61. The highest BCUT2D eigenvalue weighted by atomic mass is 16.5. The summed E-state index contributed by atoms with van der Waals surface area (Å²) in [5, 5.41) is 13.3. The lowest BCUT2D eigenvalue weighted by Gasteiger charge is -2.03. The standard InChI is InChI=1S/C13H14N4O3/c1-8-12(15-7-14-8)13(19)17-16-6-9-3-4-10(18)11(5-9)20-2/h3-7,18H,1-2H3,(H,14,15)(H,17,19)/b16-6+. The van der Waals surface area contributed by atoms with Gasteiger partial charge >= 0.3 is 0 Å². The number of aryl methyl sites for hydroxylation is 1. The predicted molar refractivity (Wildman–Crippen MR) is 73.0 cm³/mol. The van der Waals surface area contributed by atoms with Gasteiger partial charge in [0.05, 0.1) is 19.7 Å². The Balaban J connectivity index is 2.04. The summed E-state index contributed by atoms with van der Waals surface area (Å²) in [7, 11) is 1.46. The predicted octanol–water partition coefficient (Wildman–Crippen LogP) is 1.20. The number of nitrogens with one attached hydrogen (secondary N) is 2. The van der Waals surface area contributed by atoms with Crippen LogP contribution in [-0.2, 0) is 0 Å². The summed E-state index contributed by atoms with van der Waals surface area (Å²) in [6.45, 7) is 1.75. The summed E-state index contributed by atoms with van der Waals surface area (Å²) in [5.41, 5.74) is 4.02. The molecule has 20 heavy (non-hydrogen) atoms. The van der Waals surface area contributed by atoms with Gasteiger partial charge in [-0.1, -0.05) is 0 Å². The molecule has 0 aliphatic heterocycles. The van der Waals surface area contributed by atoms with Crippen molar-refractivity contribution in [2.45, 2.75) is 6.92 Å². The number of aromatic hydroxyl groups is 1. The van der Waals surface area contributed by atoms with Gasteiger partial charge in [-0.05, 0) is 30.7 Å². The molecule has 0 aliphatic carbocycles. The molecule has 2 aromatic rings. The second kappa shape index (κ2) is 5.87. The lowest BCUT2D eigenvalue weighted by molar-refractivity contribution is 0.0950. The van der Waals surface area contributed by atoms with E-state index in [1.165, 1.54) is 25.7 Å². The third-order valence-corrected chi connectivity index (χ3v) is 2.63.